The minimum Gasteiger partial charge on any atom is -0.383 e. The van der Waals surface area contributed by atoms with E-state index in [-0.39, 0.29) is 22.8 Å². The highest BCUT2D eigenvalue weighted by atomic mass is 16.5. The van der Waals surface area contributed by atoms with Gasteiger partial charge in [-0.15, -0.1) is 0 Å². The molecule has 0 bridgehead atoms. The molecule has 2 atom stereocenters. The molecule has 2 N–H and O–H groups in total. The van der Waals surface area contributed by atoms with Gasteiger partial charge < -0.3 is 15.4 Å². The van der Waals surface area contributed by atoms with Crippen LogP contribution in [0.5, 0.6) is 0 Å². The van der Waals surface area contributed by atoms with Crippen molar-refractivity contribution in [2.24, 2.45) is 11.3 Å². The van der Waals surface area contributed by atoms with E-state index >= 15 is 0 Å². The lowest BCUT2D eigenvalue weighted by molar-refractivity contribution is -0.123. The number of carbonyl (C=O) groups excluding carboxylic acids is 1. The lowest BCUT2D eigenvalue weighted by atomic mass is 9.98. The van der Waals surface area contributed by atoms with Crippen LogP contribution >= 0.6 is 0 Å². The third-order valence-electron chi connectivity index (χ3n) is 4.18. The van der Waals surface area contributed by atoms with Gasteiger partial charge in [0.2, 0.25) is 5.91 Å². The van der Waals surface area contributed by atoms with Gasteiger partial charge >= 0.3 is 0 Å². The summed E-state index contributed by atoms with van der Waals surface area (Å²) in [5, 5.41) is 6.55. The molecule has 0 radical (unpaired) electrons. The molecule has 2 unspecified atom stereocenters. The first-order valence-electron chi connectivity index (χ1n) is 6.51. The summed E-state index contributed by atoms with van der Waals surface area (Å²) in [6.45, 7) is 6.67. The molecule has 0 aromatic carbocycles. The van der Waals surface area contributed by atoms with Crippen LogP contribution in [0.2, 0.25) is 0 Å². The second kappa shape index (κ2) is 4.58. The highest BCUT2D eigenvalue weighted by molar-refractivity contribution is 5.82. The summed E-state index contributed by atoms with van der Waals surface area (Å²) in [6.07, 6.45) is 3.26. The molecule has 0 aromatic heterocycles. The average molecular weight is 240 g/mol. The Bertz CT molecular complexity index is 296. The van der Waals surface area contributed by atoms with Gasteiger partial charge in [-0.05, 0) is 31.2 Å². The van der Waals surface area contributed by atoms with Crippen molar-refractivity contribution in [3.05, 3.63) is 0 Å². The fourth-order valence-electron chi connectivity index (χ4n) is 2.76. The minimum atomic E-state index is -0.0383. The maximum Gasteiger partial charge on any atom is 0.223 e. The number of methoxy groups -OCH3 is 1. The van der Waals surface area contributed by atoms with Gasteiger partial charge in [0.15, 0.2) is 0 Å². The first-order valence-corrected chi connectivity index (χ1v) is 6.51. The van der Waals surface area contributed by atoms with Gasteiger partial charge in [-0.1, -0.05) is 13.8 Å². The van der Waals surface area contributed by atoms with E-state index in [4.69, 9.17) is 4.74 Å². The second-order valence-electron chi connectivity index (χ2n) is 6.21. The van der Waals surface area contributed by atoms with Gasteiger partial charge in [-0.2, -0.15) is 0 Å². The van der Waals surface area contributed by atoms with Crippen LogP contribution < -0.4 is 10.6 Å². The molecule has 0 aromatic rings. The van der Waals surface area contributed by atoms with Gasteiger partial charge in [-0.3, -0.25) is 4.79 Å². The Hall–Kier alpha value is -0.610. The van der Waals surface area contributed by atoms with E-state index in [0.717, 1.165) is 25.8 Å². The molecule has 98 valence electrons. The van der Waals surface area contributed by atoms with Crippen molar-refractivity contribution in [2.75, 3.05) is 26.8 Å². The molecule has 4 heteroatoms. The van der Waals surface area contributed by atoms with Gasteiger partial charge in [-0.25, -0.2) is 0 Å². The fraction of sp³-hybridized carbons (Fsp3) is 0.923. The van der Waals surface area contributed by atoms with Crippen LogP contribution in [0.25, 0.3) is 0 Å². The Morgan fingerprint density at radius 3 is 2.71 bits per heavy atom. The number of ether oxygens (including phenoxy) is 1. The van der Waals surface area contributed by atoms with E-state index in [1.54, 1.807) is 7.11 Å². The van der Waals surface area contributed by atoms with E-state index in [9.17, 15) is 4.79 Å². The predicted molar refractivity (Wildman–Crippen MR) is 66.7 cm³/mol. The highest BCUT2D eigenvalue weighted by Gasteiger charge is 2.50. The molecular weight excluding hydrogens is 216 g/mol. The van der Waals surface area contributed by atoms with Gasteiger partial charge in [0.1, 0.15) is 0 Å². The van der Waals surface area contributed by atoms with Crippen LogP contribution in [0.3, 0.4) is 0 Å². The lowest BCUT2D eigenvalue weighted by Gasteiger charge is -2.29. The van der Waals surface area contributed by atoms with Crippen molar-refractivity contribution >= 4 is 5.91 Å². The normalized spacial score (nSPS) is 34.6. The van der Waals surface area contributed by atoms with Crippen molar-refractivity contribution in [3.8, 4) is 0 Å². The third-order valence-corrected chi connectivity index (χ3v) is 4.18. The summed E-state index contributed by atoms with van der Waals surface area (Å²) in [7, 11) is 1.72. The Balaban J connectivity index is 1.82. The van der Waals surface area contributed by atoms with E-state index in [0.29, 0.717) is 13.2 Å². The zero-order valence-electron chi connectivity index (χ0n) is 11.1. The Morgan fingerprint density at radius 2 is 2.24 bits per heavy atom. The van der Waals surface area contributed by atoms with Crippen molar-refractivity contribution in [1.82, 2.24) is 10.6 Å². The minimum absolute atomic E-state index is 0.0383. The highest BCUT2D eigenvalue weighted by Crippen LogP contribution is 2.51. The van der Waals surface area contributed by atoms with Crippen LogP contribution in [0.4, 0.5) is 0 Å². The third kappa shape index (κ3) is 2.80. The van der Waals surface area contributed by atoms with Gasteiger partial charge in [0, 0.05) is 19.6 Å². The van der Waals surface area contributed by atoms with Crippen LogP contribution in [0, 0.1) is 11.3 Å². The number of nitrogens with one attached hydrogen (secondary N) is 2. The molecule has 1 aliphatic carbocycles. The molecule has 0 spiro atoms. The van der Waals surface area contributed by atoms with Crippen LogP contribution in [-0.4, -0.2) is 38.3 Å². The van der Waals surface area contributed by atoms with Crippen molar-refractivity contribution in [1.29, 1.82) is 0 Å². The largest absolute Gasteiger partial charge is 0.383 e. The van der Waals surface area contributed by atoms with E-state index in [1.807, 2.05) is 0 Å². The Morgan fingerprint density at radius 1 is 1.53 bits per heavy atom. The van der Waals surface area contributed by atoms with Gasteiger partial charge in [0.25, 0.3) is 0 Å². The summed E-state index contributed by atoms with van der Waals surface area (Å²) in [5.41, 5.74) is 0.172. The molecule has 1 amide bonds. The predicted octanol–water partition coefficient (Wildman–Crippen LogP) is 0.917. The number of hydrogen-bond acceptors (Lipinski definition) is 3. The SMILES string of the molecule is COCC1(CNC(=O)C2CC2(C)C)CCCN1. The number of hydrogen-bond donors (Lipinski definition) is 2. The molecule has 1 saturated carbocycles. The van der Waals surface area contributed by atoms with E-state index in [2.05, 4.69) is 24.5 Å². The molecule has 2 fully saturated rings. The van der Waals surface area contributed by atoms with Gasteiger partial charge in [0.05, 0.1) is 12.1 Å². The summed E-state index contributed by atoms with van der Waals surface area (Å²) in [5.74, 6) is 0.419. The smallest absolute Gasteiger partial charge is 0.223 e. The standard InChI is InChI=1S/C13H24N2O2/c1-12(2)7-10(12)11(16)14-8-13(9-17-3)5-4-6-15-13/h10,15H,4-9H2,1-3H3,(H,14,16). The molecule has 4 nitrogen and oxygen atoms in total. The van der Waals surface area contributed by atoms with Crippen molar-refractivity contribution in [2.45, 2.75) is 38.6 Å². The monoisotopic (exact) mass is 240 g/mol. The summed E-state index contributed by atoms with van der Waals surface area (Å²) < 4.78 is 5.26. The zero-order chi connectivity index (χ0) is 12.5. The van der Waals surface area contributed by atoms with Crippen LogP contribution in [0.15, 0.2) is 0 Å². The summed E-state index contributed by atoms with van der Waals surface area (Å²) in [6, 6.07) is 0. The quantitative estimate of drug-likeness (QED) is 0.751. The first-order chi connectivity index (χ1) is 7.99. The first kappa shape index (κ1) is 12.8. The number of rotatable bonds is 5. The zero-order valence-corrected chi connectivity index (χ0v) is 11.1. The maximum atomic E-state index is 11.9. The average Bonchev–Trinajstić information content (AvgIpc) is 2.73. The maximum absolute atomic E-state index is 11.9. The Labute approximate surface area is 103 Å². The molecule has 2 aliphatic rings. The van der Waals surface area contributed by atoms with Crippen molar-refractivity contribution < 1.29 is 9.53 Å². The Kier molecular flexibility index (Phi) is 3.46. The molecule has 1 aliphatic heterocycles. The summed E-state index contributed by atoms with van der Waals surface area (Å²) in [4.78, 5) is 11.9. The molecule has 1 saturated heterocycles. The molecule has 1 heterocycles. The lowest BCUT2D eigenvalue weighted by Crippen LogP contribution is -2.53. The molecule has 2 rings (SSSR count). The topological polar surface area (TPSA) is 50.4 Å². The number of amides is 1. The number of carbonyl (C=O) groups is 1. The molecule has 17 heavy (non-hydrogen) atoms. The van der Waals surface area contributed by atoms with Crippen LogP contribution in [0.1, 0.15) is 33.1 Å². The van der Waals surface area contributed by atoms with E-state index < -0.39 is 0 Å². The van der Waals surface area contributed by atoms with Crippen molar-refractivity contribution in [3.63, 3.8) is 0 Å². The molecular formula is C13H24N2O2. The van der Waals surface area contributed by atoms with E-state index in [1.165, 1.54) is 0 Å². The van der Waals surface area contributed by atoms with Crippen LogP contribution in [-0.2, 0) is 9.53 Å². The second-order valence-corrected chi connectivity index (χ2v) is 6.21. The summed E-state index contributed by atoms with van der Waals surface area (Å²) >= 11 is 0. The fourth-order valence-corrected chi connectivity index (χ4v) is 2.76.